The van der Waals surface area contributed by atoms with Crippen LogP contribution in [0.4, 0.5) is 0 Å². The molecule has 7 heteroatoms. The normalized spacial score (nSPS) is 49.3. The highest BCUT2D eigenvalue weighted by Crippen LogP contribution is 2.84. The Morgan fingerprint density at radius 1 is 1.12 bits per heavy atom. The molecule has 0 spiro atoms. The molecule has 0 aromatic heterocycles. The highest BCUT2D eigenvalue weighted by atomic mass is 16.8. The van der Waals surface area contributed by atoms with Gasteiger partial charge in [0.1, 0.15) is 11.0 Å². The first-order valence-electron chi connectivity index (χ1n) is 8.59. The minimum atomic E-state index is -1.09. The van der Waals surface area contributed by atoms with E-state index in [1.54, 1.807) is 7.11 Å². The average molecular weight is 340 g/mol. The number of hydrogen-bond acceptors (Lipinski definition) is 7. The highest BCUT2D eigenvalue weighted by Gasteiger charge is 2.99. The topological polar surface area (TPSA) is 80.3 Å². The molecule has 2 heterocycles. The van der Waals surface area contributed by atoms with Gasteiger partial charge in [-0.05, 0) is 12.8 Å². The Hall–Kier alpha value is -1.18. The van der Waals surface area contributed by atoms with Crippen molar-refractivity contribution in [1.82, 2.24) is 0 Å². The van der Waals surface area contributed by atoms with Crippen molar-refractivity contribution < 1.29 is 33.3 Å². The molecular weight excluding hydrogens is 316 g/mol. The number of ether oxygens (including phenoxy) is 5. The Labute approximate surface area is 140 Å². The standard InChI is InChI=1S/C17H24O7/c1-20-12(19)17-10-11(18)23-14-16(17,22-3)9-7-5-4-6-8-15(10,17)13(21-2)24-14/h10,13-14H,4-9H2,1-3H3/t10-,13?,14+,15-,16+,17+/m1/s1. The van der Waals surface area contributed by atoms with E-state index in [4.69, 9.17) is 23.7 Å². The predicted octanol–water partition coefficient (Wildman–Crippen LogP) is 1.39. The van der Waals surface area contributed by atoms with Gasteiger partial charge in [-0.1, -0.05) is 25.7 Å². The van der Waals surface area contributed by atoms with E-state index in [0.29, 0.717) is 12.8 Å². The van der Waals surface area contributed by atoms with Crippen LogP contribution in [0.2, 0.25) is 0 Å². The third kappa shape index (κ3) is 1.46. The molecule has 4 bridgehead atoms. The van der Waals surface area contributed by atoms with Crippen LogP contribution < -0.4 is 0 Å². The summed E-state index contributed by atoms with van der Waals surface area (Å²) in [7, 11) is 4.46. The van der Waals surface area contributed by atoms with Crippen molar-refractivity contribution in [2.75, 3.05) is 21.3 Å². The van der Waals surface area contributed by atoms with E-state index in [-0.39, 0.29) is 0 Å². The third-order valence-corrected chi connectivity index (χ3v) is 6.75. The number of carbonyl (C=O) groups excluding carboxylic acids is 2. The van der Waals surface area contributed by atoms with E-state index in [0.717, 1.165) is 25.7 Å². The highest BCUT2D eigenvalue weighted by molar-refractivity contribution is 5.97. The fourth-order valence-electron chi connectivity index (χ4n) is 5.93. The summed E-state index contributed by atoms with van der Waals surface area (Å²) in [5.41, 5.74) is -2.88. The van der Waals surface area contributed by atoms with Crippen molar-refractivity contribution >= 4 is 11.9 Å². The zero-order valence-corrected chi connectivity index (χ0v) is 14.3. The quantitative estimate of drug-likeness (QED) is 0.718. The van der Waals surface area contributed by atoms with Crippen molar-refractivity contribution in [3.63, 3.8) is 0 Å². The zero-order chi connectivity index (χ0) is 17.2. The van der Waals surface area contributed by atoms with E-state index >= 15 is 0 Å². The van der Waals surface area contributed by atoms with Crippen LogP contribution in [0.5, 0.6) is 0 Å². The van der Waals surface area contributed by atoms with E-state index in [9.17, 15) is 9.59 Å². The molecule has 2 aliphatic carbocycles. The number of esters is 2. The Balaban J connectivity index is 1.97. The second-order valence-corrected chi connectivity index (χ2v) is 7.25. The van der Waals surface area contributed by atoms with Gasteiger partial charge in [-0.25, -0.2) is 0 Å². The molecule has 4 rings (SSSR count). The van der Waals surface area contributed by atoms with E-state index in [2.05, 4.69) is 0 Å². The van der Waals surface area contributed by atoms with E-state index in [1.807, 2.05) is 0 Å². The maximum Gasteiger partial charge on any atom is 0.316 e. The van der Waals surface area contributed by atoms with Gasteiger partial charge in [-0.3, -0.25) is 9.59 Å². The van der Waals surface area contributed by atoms with Crippen LogP contribution in [0.25, 0.3) is 0 Å². The molecule has 4 fully saturated rings. The van der Waals surface area contributed by atoms with Crippen LogP contribution >= 0.6 is 0 Å². The smallest absolute Gasteiger partial charge is 0.316 e. The van der Waals surface area contributed by atoms with Crippen LogP contribution in [-0.2, 0) is 33.3 Å². The molecule has 2 aliphatic heterocycles. The SMILES string of the molecule is COC(=O)[C@@]12[C@@H]3C(=O)O[C@H]4OC(OC)[C@@]31CCCCCC[C@]42OC. The van der Waals surface area contributed by atoms with Crippen molar-refractivity contribution in [3.05, 3.63) is 0 Å². The van der Waals surface area contributed by atoms with E-state index in [1.165, 1.54) is 14.2 Å². The lowest BCUT2D eigenvalue weighted by atomic mass is 9.70. The van der Waals surface area contributed by atoms with Gasteiger partial charge in [0.05, 0.1) is 18.4 Å². The van der Waals surface area contributed by atoms with Gasteiger partial charge >= 0.3 is 11.9 Å². The lowest BCUT2D eigenvalue weighted by Crippen LogP contribution is -2.66. The average Bonchev–Trinajstić information content (AvgIpc) is 3.25. The second-order valence-electron chi connectivity index (χ2n) is 7.25. The second kappa shape index (κ2) is 5.16. The lowest BCUT2D eigenvalue weighted by Gasteiger charge is -2.51. The van der Waals surface area contributed by atoms with Crippen LogP contribution in [0.3, 0.4) is 0 Å². The minimum absolute atomic E-state index is 0.404. The molecule has 0 aromatic rings. The molecule has 1 unspecified atom stereocenters. The molecule has 134 valence electrons. The van der Waals surface area contributed by atoms with Gasteiger partial charge in [0, 0.05) is 14.2 Å². The molecule has 6 atom stereocenters. The molecule has 0 radical (unpaired) electrons. The first kappa shape index (κ1) is 16.3. The molecule has 2 saturated carbocycles. The van der Waals surface area contributed by atoms with Crippen molar-refractivity contribution in [3.8, 4) is 0 Å². The molecular formula is C17H24O7. The van der Waals surface area contributed by atoms with Crippen molar-refractivity contribution in [1.29, 1.82) is 0 Å². The van der Waals surface area contributed by atoms with E-state index < -0.39 is 46.9 Å². The monoisotopic (exact) mass is 340 g/mol. The largest absolute Gasteiger partial charge is 0.468 e. The predicted molar refractivity (Wildman–Crippen MR) is 79.6 cm³/mol. The van der Waals surface area contributed by atoms with Crippen LogP contribution in [0, 0.1) is 16.7 Å². The summed E-state index contributed by atoms with van der Waals surface area (Å²) in [6.07, 6.45) is 3.47. The van der Waals surface area contributed by atoms with Crippen LogP contribution in [-0.4, -0.2) is 51.4 Å². The maximum absolute atomic E-state index is 13.1. The maximum atomic E-state index is 13.1. The fourth-order valence-corrected chi connectivity index (χ4v) is 5.93. The number of methoxy groups -OCH3 is 3. The molecule has 0 N–H and O–H groups in total. The van der Waals surface area contributed by atoms with Gasteiger partial charge in [0.2, 0.25) is 6.29 Å². The summed E-state index contributed by atoms with van der Waals surface area (Å²) >= 11 is 0. The minimum Gasteiger partial charge on any atom is -0.468 e. The zero-order valence-electron chi connectivity index (χ0n) is 14.3. The van der Waals surface area contributed by atoms with Gasteiger partial charge in [0.15, 0.2) is 6.29 Å². The summed E-state index contributed by atoms with van der Waals surface area (Å²) in [5, 5.41) is 0. The summed E-state index contributed by atoms with van der Waals surface area (Å²) in [6, 6.07) is 0. The molecule has 0 amide bonds. The third-order valence-electron chi connectivity index (χ3n) is 6.75. The fraction of sp³-hybridized carbons (Fsp3) is 0.882. The molecule has 2 saturated heterocycles. The van der Waals surface area contributed by atoms with Crippen LogP contribution in [0.1, 0.15) is 38.5 Å². The number of rotatable bonds is 3. The van der Waals surface area contributed by atoms with Gasteiger partial charge in [-0.2, -0.15) is 0 Å². The molecule has 7 nitrogen and oxygen atoms in total. The Morgan fingerprint density at radius 3 is 2.46 bits per heavy atom. The van der Waals surface area contributed by atoms with Crippen LogP contribution in [0.15, 0.2) is 0 Å². The first-order valence-corrected chi connectivity index (χ1v) is 8.59. The molecule has 4 aliphatic rings. The molecule has 24 heavy (non-hydrogen) atoms. The Bertz CT molecular complexity index is 577. The summed E-state index contributed by atoms with van der Waals surface area (Å²) in [4.78, 5) is 25.7. The van der Waals surface area contributed by atoms with Crippen molar-refractivity contribution in [2.24, 2.45) is 16.7 Å². The summed E-state index contributed by atoms with van der Waals surface area (Å²) in [5.74, 6) is -1.46. The lowest BCUT2D eigenvalue weighted by molar-refractivity contribution is -0.354. The Morgan fingerprint density at radius 2 is 1.83 bits per heavy atom. The Kier molecular flexibility index (Phi) is 3.50. The van der Waals surface area contributed by atoms with Gasteiger partial charge < -0.3 is 23.7 Å². The summed E-state index contributed by atoms with van der Waals surface area (Å²) in [6.45, 7) is 0. The van der Waals surface area contributed by atoms with Gasteiger partial charge in [0.25, 0.3) is 0 Å². The molecule has 0 aromatic carbocycles. The summed E-state index contributed by atoms with van der Waals surface area (Å²) < 4.78 is 28.3. The number of hydrogen-bond donors (Lipinski definition) is 0. The van der Waals surface area contributed by atoms with Gasteiger partial charge in [-0.15, -0.1) is 0 Å². The number of carbonyl (C=O) groups is 2. The first-order chi connectivity index (χ1) is 11.6. The van der Waals surface area contributed by atoms with Crippen molar-refractivity contribution in [2.45, 2.75) is 56.7 Å².